The molecule has 0 atom stereocenters. The highest BCUT2D eigenvalue weighted by molar-refractivity contribution is 7.12. The average molecular weight is 296 g/mol. The van der Waals surface area contributed by atoms with Gasteiger partial charge in [-0.15, -0.1) is 11.3 Å². The van der Waals surface area contributed by atoms with Crippen LogP contribution in [0.3, 0.4) is 0 Å². The lowest BCUT2D eigenvalue weighted by atomic mass is 10.2. The van der Waals surface area contributed by atoms with Crippen LogP contribution in [-0.2, 0) is 0 Å². The number of amides is 1. The zero-order chi connectivity index (χ0) is 13.8. The van der Waals surface area contributed by atoms with Crippen molar-refractivity contribution < 1.29 is 9.53 Å². The number of ether oxygens (including phenoxy) is 1. The third kappa shape index (κ3) is 3.28. The normalized spacial score (nSPS) is 10.3. The van der Waals surface area contributed by atoms with Gasteiger partial charge in [0.15, 0.2) is 0 Å². The monoisotopic (exact) mass is 295 g/mol. The Morgan fingerprint density at radius 2 is 2.21 bits per heavy atom. The molecule has 2 aromatic rings. The number of hydrogen-bond donors (Lipinski definition) is 1. The van der Waals surface area contributed by atoms with Gasteiger partial charge in [-0.3, -0.25) is 4.79 Å². The highest BCUT2D eigenvalue weighted by atomic mass is 35.5. The number of benzene rings is 1. The van der Waals surface area contributed by atoms with Crippen LogP contribution in [0.15, 0.2) is 29.6 Å². The minimum atomic E-state index is -0.167. The number of halogens is 1. The van der Waals surface area contributed by atoms with E-state index < -0.39 is 0 Å². The summed E-state index contributed by atoms with van der Waals surface area (Å²) in [5.41, 5.74) is 1.65. The van der Waals surface area contributed by atoms with Gasteiger partial charge in [0, 0.05) is 10.7 Å². The van der Waals surface area contributed by atoms with Crippen molar-refractivity contribution in [1.82, 2.24) is 0 Å². The summed E-state index contributed by atoms with van der Waals surface area (Å²) in [6.45, 7) is 4.33. The van der Waals surface area contributed by atoms with Crippen molar-refractivity contribution in [2.75, 3.05) is 11.9 Å². The number of nitrogens with one attached hydrogen (secondary N) is 1. The van der Waals surface area contributed by atoms with Gasteiger partial charge in [-0.25, -0.2) is 0 Å². The average Bonchev–Trinajstić information content (AvgIpc) is 2.83. The molecule has 3 nitrogen and oxygen atoms in total. The molecular formula is C14H14ClNO2S. The molecule has 0 saturated heterocycles. The Morgan fingerprint density at radius 1 is 1.42 bits per heavy atom. The number of hydrogen-bond acceptors (Lipinski definition) is 3. The van der Waals surface area contributed by atoms with Crippen LogP contribution in [0.25, 0.3) is 0 Å². The molecule has 0 spiro atoms. The highest BCUT2D eigenvalue weighted by Crippen LogP contribution is 2.26. The minimum Gasteiger partial charge on any atom is -0.492 e. The van der Waals surface area contributed by atoms with Crippen LogP contribution in [0.1, 0.15) is 22.2 Å². The van der Waals surface area contributed by atoms with E-state index in [4.69, 9.17) is 16.3 Å². The van der Waals surface area contributed by atoms with E-state index in [-0.39, 0.29) is 5.91 Å². The van der Waals surface area contributed by atoms with Crippen molar-refractivity contribution in [1.29, 1.82) is 0 Å². The van der Waals surface area contributed by atoms with Gasteiger partial charge in [-0.05, 0) is 49.1 Å². The smallest absolute Gasteiger partial charge is 0.269 e. The summed E-state index contributed by atoms with van der Waals surface area (Å²) in [7, 11) is 0. The van der Waals surface area contributed by atoms with Gasteiger partial charge in [0.1, 0.15) is 10.6 Å². The van der Waals surface area contributed by atoms with Crippen LogP contribution in [0.2, 0.25) is 5.02 Å². The Balaban J connectivity index is 2.16. The maximum Gasteiger partial charge on any atom is 0.269 e. The van der Waals surface area contributed by atoms with E-state index >= 15 is 0 Å². The fraction of sp³-hybridized carbons (Fsp3) is 0.214. The van der Waals surface area contributed by atoms with Gasteiger partial charge in [-0.2, -0.15) is 0 Å². The third-order valence-corrected chi connectivity index (χ3v) is 3.87. The van der Waals surface area contributed by atoms with E-state index in [0.717, 1.165) is 11.3 Å². The second-order valence-electron chi connectivity index (χ2n) is 3.97. The SMILES string of the molecule is CCOc1ccsc1C(=O)Nc1ccc(Cl)c(C)c1. The quantitative estimate of drug-likeness (QED) is 0.910. The van der Waals surface area contributed by atoms with E-state index in [2.05, 4.69) is 5.32 Å². The lowest BCUT2D eigenvalue weighted by molar-refractivity contribution is 0.102. The summed E-state index contributed by atoms with van der Waals surface area (Å²) in [4.78, 5) is 12.7. The van der Waals surface area contributed by atoms with Crippen molar-refractivity contribution in [3.63, 3.8) is 0 Å². The third-order valence-electron chi connectivity index (χ3n) is 2.55. The largest absolute Gasteiger partial charge is 0.492 e. The second-order valence-corrected chi connectivity index (χ2v) is 5.29. The topological polar surface area (TPSA) is 38.3 Å². The van der Waals surface area contributed by atoms with E-state index in [0.29, 0.717) is 22.3 Å². The van der Waals surface area contributed by atoms with Gasteiger partial charge < -0.3 is 10.1 Å². The van der Waals surface area contributed by atoms with E-state index in [9.17, 15) is 4.79 Å². The summed E-state index contributed by atoms with van der Waals surface area (Å²) < 4.78 is 5.41. The Bertz CT molecular complexity index is 595. The molecule has 1 aromatic heterocycles. The molecule has 0 aliphatic heterocycles. The molecule has 0 aliphatic carbocycles. The second kappa shape index (κ2) is 6.08. The Kier molecular flexibility index (Phi) is 4.45. The number of carbonyl (C=O) groups is 1. The molecule has 19 heavy (non-hydrogen) atoms. The zero-order valence-electron chi connectivity index (χ0n) is 10.7. The molecule has 1 N–H and O–H groups in total. The lowest BCUT2D eigenvalue weighted by Gasteiger charge is -2.08. The minimum absolute atomic E-state index is 0.167. The van der Waals surface area contributed by atoms with Crippen LogP contribution in [0, 0.1) is 6.92 Å². The molecule has 0 radical (unpaired) electrons. The zero-order valence-corrected chi connectivity index (χ0v) is 12.3. The molecule has 5 heteroatoms. The molecule has 100 valence electrons. The first-order valence-electron chi connectivity index (χ1n) is 5.89. The fourth-order valence-corrected chi connectivity index (χ4v) is 2.49. The van der Waals surface area contributed by atoms with Crippen LogP contribution in [0.4, 0.5) is 5.69 Å². The van der Waals surface area contributed by atoms with E-state index in [1.165, 1.54) is 11.3 Å². The number of thiophene rings is 1. The van der Waals surface area contributed by atoms with Gasteiger partial charge >= 0.3 is 0 Å². The molecule has 1 heterocycles. The van der Waals surface area contributed by atoms with Crippen LogP contribution in [-0.4, -0.2) is 12.5 Å². The summed E-state index contributed by atoms with van der Waals surface area (Å²) >= 11 is 7.31. The van der Waals surface area contributed by atoms with Crippen molar-refractivity contribution in [3.8, 4) is 5.75 Å². The van der Waals surface area contributed by atoms with Crippen molar-refractivity contribution in [2.24, 2.45) is 0 Å². The Hall–Kier alpha value is -1.52. The van der Waals surface area contributed by atoms with Crippen molar-refractivity contribution in [2.45, 2.75) is 13.8 Å². The van der Waals surface area contributed by atoms with Gasteiger partial charge in [0.2, 0.25) is 0 Å². The van der Waals surface area contributed by atoms with Crippen LogP contribution < -0.4 is 10.1 Å². The molecule has 0 fully saturated rings. The molecular weight excluding hydrogens is 282 g/mol. The maximum absolute atomic E-state index is 12.2. The van der Waals surface area contributed by atoms with Gasteiger partial charge in [0.05, 0.1) is 6.61 Å². The number of rotatable bonds is 4. The summed E-state index contributed by atoms with van der Waals surface area (Å²) in [6, 6.07) is 7.19. The molecule has 2 rings (SSSR count). The van der Waals surface area contributed by atoms with Crippen molar-refractivity contribution in [3.05, 3.63) is 45.1 Å². The summed E-state index contributed by atoms with van der Waals surface area (Å²) in [6.07, 6.45) is 0. The molecule has 0 bridgehead atoms. The highest BCUT2D eigenvalue weighted by Gasteiger charge is 2.14. The number of carbonyl (C=O) groups excluding carboxylic acids is 1. The maximum atomic E-state index is 12.2. The molecule has 0 aliphatic rings. The molecule has 1 aromatic carbocycles. The molecule has 1 amide bonds. The molecule has 0 saturated carbocycles. The summed E-state index contributed by atoms with van der Waals surface area (Å²) in [5.74, 6) is 0.454. The van der Waals surface area contributed by atoms with Gasteiger partial charge in [0.25, 0.3) is 5.91 Å². The predicted molar refractivity (Wildman–Crippen MR) is 79.6 cm³/mol. The van der Waals surface area contributed by atoms with Crippen molar-refractivity contribution >= 4 is 34.5 Å². The Labute approximate surface area is 121 Å². The molecule has 0 unspecified atom stereocenters. The summed E-state index contributed by atoms with van der Waals surface area (Å²) in [5, 5.41) is 5.37. The first-order chi connectivity index (χ1) is 9.11. The lowest BCUT2D eigenvalue weighted by Crippen LogP contribution is -2.11. The predicted octanol–water partition coefficient (Wildman–Crippen LogP) is 4.36. The van der Waals surface area contributed by atoms with E-state index in [1.54, 1.807) is 18.2 Å². The van der Waals surface area contributed by atoms with E-state index in [1.807, 2.05) is 25.3 Å². The standard InChI is InChI=1S/C14H14ClNO2S/c1-3-18-12-6-7-19-13(12)14(17)16-10-4-5-11(15)9(2)8-10/h4-8H,3H2,1-2H3,(H,16,17). The first kappa shape index (κ1) is 13.9. The van der Waals surface area contributed by atoms with Gasteiger partial charge in [-0.1, -0.05) is 11.6 Å². The first-order valence-corrected chi connectivity index (χ1v) is 7.15. The van der Waals surface area contributed by atoms with Crippen LogP contribution >= 0.6 is 22.9 Å². The fourth-order valence-electron chi connectivity index (χ4n) is 1.64. The number of anilines is 1. The number of aryl methyl sites for hydroxylation is 1. The van der Waals surface area contributed by atoms with Crippen LogP contribution in [0.5, 0.6) is 5.75 Å². The Morgan fingerprint density at radius 3 is 2.89 bits per heavy atom.